The highest BCUT2D eigenvalue weighted by atomic mass is 32.2. The predicted molar refractivity (Wildman–Crippen MR) is 87.3 cm³/mol. The third-order valence-electron chi connectivity index (χ3n) is 3.14. The van der Waals surface area contributed by atoms with E-state index in [1.165, 1.54) is 24.3 Å². The number of anilines is 1. The number of hydrogen-bond acceptors (Lipinski definition) is 5. The molecule has 0 radical (unpaired) electrons. The molecule has 122 valence electrons. The van der Waals surface area contributed by atoms with Crippen molar-refractivity contribution in [2.75, 3.05) is 17.7 Å². The number of benzene rings is 2. The van der Waals surface area contributed by atoms with Crippen LogP contribution in [0.1, 0.15) is 22.0 Å². The molecule has 0 aliphatic carbocycles. The normalized spacial score (nSPS) is 12.6. The van der Waals surface area contributed by atoms with Gasteiger partial charge in [-0.2, -0.15) is 0 Å². The van der Waals surface area contributed by atoms with Crippen molar-refractivity contribution in [2.24, 2.45) is 0 Å². The van der Waals surface area contributed by atoms with Crippen LogP contribution in [0.4, 0.5) is 5.69 Å². The summed E-state index contributed by atoms with van der Waals surface area (Å²) in [7, 11) is -3.27. The van der Waals surface area contributed by atoms with Crippen LogP contribution in [-0.2, 0) is 9.84 Å². The van der Waals surface area contributed by atoms with Crippen LogP contribution in [0.2, 0.25) is 0 Å². The van der Waals surface area contributed by atoms with Gasteiger partial charge in [-0.1, -0.05) is 12.1 Å². The van der Waals surface area contributed by atoms with Crippen LogP contribution in [0.25, 0.3) is 0 Å². The Balaban J connectivity index is 2.26. The molecular formula is C16H17NO5S. The summed E-state index contributed by atoms with van der Waals surface area (Å²) in [5.74, 6) is -0.847. The Morgan fingerprint density at radius 3 is 2.17 bits per heavy atom. The molecule has 1 unspecified atom stereocenters. The lowest BCUT2D eigenvalue weighted by atomic mass is 10.1. The first-order valence-electron chi connectivity index (χ1n) is 6.78. The first-order chi connectivity index (χ1) is 10.7. The smallest absolute Gasteiger partial charge is 0.335 e. The molecule has 0 fully saturated rings. The fourth-order valence-electron chi connectivity index (χ4n) is 2.02. The number of nitrogen functional groups attached to an aromatic ring is 1. The molecule has 3 N–H and O–H groups in total. The molecule has 0 spiro atoms. The third-order valence-corrected chi connectivity index (χ3v) is 4.05. The summed E-state index contributed by atoms with van der Waals surface area (Å²) in [6.07, 6.45) is 0.426. The molecule has 23 heavy (non-hydrogen) atoms. The molecule has 0 aliphatic heterocycles. The van der Waals surface area contributed by atoms with Gasteiger partial charge in [-0.15, -0.1) is 0 Å². The average Bonchev–Trinajstić information content (AvgIpc) is 2.46. The Labute approximate surface area is 134 Å². The van der Waals surface area contributed by atoms with Crippen molar-refractivity contribution in [1.82, 2.24) is 0 Å². The number of sulfone groups is 1. The van der Waals surface area contributed by atoms with Crippen molar-refractivity contribution in [3.05, 3.63) is 59.7 Å². The Morgan fingerprint density at radius 1 is 1.13 bits per heavy atom. The average molecular weight is 335 g/mol. The van der Waals surface area contributed by atoms with E-state index in [9.17, 15) is 13.2 Å². The van der Waals surface area contributed by atoms with Crippen LogP contribution in [0.15, 0.2) is 48.5 Å². The van der Waals surface area contributed by atoms with Crippen molar-refractivity contribution in [3.63, 3.8) is 0 Å². The standard InChI is InChI=1S/C16H17NO5S/c1-23(20,21)10-15(11-2-6-13(17)7-3-11)22-14-8-4-12(5-9-14)16(18)19/h2-9,15H,10,17H2,1H3,(H,18,19). The highest BCUT2D eigenvalue weighted by Gasteiger charge is 2.19. The molecule has 0 saturated carbocycles. The van der Waals surface area contributed by atoms with E-state index >= 15 is 0 Å². The topological polar surface area (TPSA) is 107 Å². The molecule has 0 bridgehead atoms. The van der Waals surface area contributed by atoms with Gasteiger partial charge in [-0.3, -0.25) is 0 Å². The Bertz CT molecular complexity index is 782. The number of carbonyl (C=O) groups is 1. The number of carboxylic acid groups (broad SMARTS) is 1. The zero-order valence-electron chi connectivity index (χ0n) is 12.5. The number of rotatable bonds is 6. The van der Waals surface area contributed by atoms with Gasteiger partial charge in [0.2, 0.25) is 0 Å². The first kappa shape index (κ1) is 16.8. The molecular weight excluding hydrogens is 318 g/mol. The van der Waals surface area contributed by atoms with E-state index in [0.717, 1.165) is 6.26 Å². The van der Waals surface area contributed by atoms with Crippen LogP contribution in [0.3, 0.4) is 0 Å². The van der Waals surface area contributed by atoms with Crippen molar-refractivity contribution < 1.29 is 23.1 Å². The maximum absolute atomic E-state index is 11.6. The Hall–Kier alpha value is -2.54. The number of ether oxygens (including phenoxy) is 1. The van der Waals surface area contributed by atoms with E-state index in [-0.39, 0.29) is 11.3 Å². The van der Waals surface area contributed by atoms with Gasteiger partial charge in [0.25, 0.3) is 0 Å². The van der Waals surface area contributed by atoms with Crippen molar-refractivity contribution in [2.45, 2.75) is 6.10 Å². The maximum atomic E-state index is 11.6. The molecule has 1 atom stereocenters. The van der Waals surface area contributed by atoms with Crippen molar-refractivity contribution >= 4 is 21.5 Å². The maximum Gasteiger partial charge on any atom is 0.335 e. The lowest BCUT2D eigenvalue weighted by Crippen LogP contribution is -2.18. The number of hydrogen-bond donors (Lipinski definition) is 2. The van der Waals surface area contributed by atoms with E-state index in [1.54, 1.807) is 24.3 Å². The fraction of sp³-hybridized carbons (Fsp3) is 0.188. The SMILES string of the molecule is CS(=O)(=O)CC(Oc1ccc(C(=O)O)cc1)c1ccc(N)cc1. The molecule has 0 heterocycles. The lowest BCUT2D eigenvalue weighted by Gasteiger charge is -2.19. The summed E-state index contributed by atoms with van der Waals surface area (Å²) >= 11 is 0. The minimum atomic E-state index is -3.27. The number of carboxylic acids is 1. The highest BCUT2D eigenvalue weighted by molar-refractivity contribution is 7.90. The third kappa shape index (κ3) is 5.00. The van der Waals surface area contributed by atoms with E-state index < -0.39 is 21.9 Å². The van der Waals surface area contributed by atoms with Crippen molar-refractivity contribution in [1.29, 1.82) is 0 Å². The second-order valence-electron chi connectivity index (χ2n) is 5.20. The van der Waals surface area contributed by atoms with Gasteiger partial charge in [0.05, 0.1) is 11.3 Å². The second kappa shape index (κ2) is 6.70. The van der Waals surface area contributed by atoms with E-state index in [1.807, 2.05) is 0 Å². The zero-order chi connectivity index (χ0) is 17.0. The molecule has 0 aliphatic rings. The van der Waals surface area contributed by atoms with Gasteiger partial charge in [-0.05, 0) is 42.0 Å². The monoisotopic (exact) mass is 335 g/mol. The first-order valence-corrected chi connectivity index (χ1v) is 8.84. The van der Waals surface area contributed by atoms with E-state index in [2.05, 4.69) is 0 Å². The largest absolute Gasteiger partial charge is 0.485 e. The molecule has 2 rings (SSSR count). The van der Waals surface area contributed by atoms with Crippen LogP contribution in [-0.4, -0.2) is 31.5 Å². The van der Waals surface area contributed by atoms with Gasteiger partial charge in [0.15, 0.2) is 9.84 Å². The quantitative estimate of drug-likeness (QED) is 0.783. The van der Waals surface area contributed by atoms with Crippen LogP contribution >= 0.6 is 0 Å². The van der Waals surface area contributed by atoms with Crippen LogP contribution < -0.4 is 10.5 Å². The summed E-state index contributed by atoms with van der Waals surface area (Å²) < 4.78 is 29.0. The Kier molecular flexibility index (Phi) is 4.90. The van der Waals surface area contributed by atoms with Crippen molar-refractivity contribution in [3.8, 4) is 5.75 Å². The summed E-state index contributed by atoms with van der Waals surface area (Å²) in [5.41, 5.74) is 7.01. The van der Waals surface area contributed by atoms with Gasteiger partial charge in [0.1, 0.15) is 11.9 Å². The van der Waals surface area contributed by atoms with Gasteiger partial charge >= 0.3 is 5.97 Å². The lowest BCUT2D eigenvalue weighted by molar-refractivity contribution is 0.0697. The molecule has 2 aromatic carbocycles. The number of aromatic carboxylic acids is 1. The summed E-state index contributed by atoms with van der Waals surface area (Å²) in [5, 5.41) is 8.88. The molecule has 0 amide bonds. The number of nitrogens with two attached hydrogens (primary N) is 1. The van der Waals surface area contributed by atoms with Crippen LogP contribution in [0.5, 0.6) is 5.75 Å². The minimum Gasteiger partial charge on any atom is -0.485 e. The second-order valence-corrected chi connectivity index (χ2v) is 7.38. The summed E-state index contributed by atoms with van der Waals surface area (Å²) in [6.45, 7) is 0. The predicted octanol–water partition coefficient (Wildman–Crippen LogP) is 2.13. The van der Waals surface area contributed by atoms with E-state index in [0.29, 0.717) is 17.0 Å². The van der Waals surface area contributed by atoms with Crippen LogP contribution in [0, 0.1) is 0 Å². The molecule has 7 heteroatoms. The Morgan fingerprint density at radius 2 is 1.70 bits per heavy atom. The van der Waals surface area contributed by atoms with Gasteiger partial charge < -0.3 is 15.6 Å². The molecule has 0 aromatic heterocycles. The van der Waals surface area contributed by atoms with Gasteiger partial charge in [-0.25, -0.2) is 13.2 Å². The molecule has 2 aromatic rings. The summed E-state index contributed by atoms with van der Waals surface area (Å²) in [4.78, 5) is 10.8. The highest BCUT2D eigenvalue weighted by Crippen LogP contribution is 2.24. The fourth-order valence-corrected chi connectivity index (χ4v) is 2.83. The molecule has 6 nitrogen and oxygen atoms in total. The minimum absolute atomic E-state index is 0.129. The summed E-state index contributed by atoms with van der Waals surface area (Å²) in [6, 6.07) is 12.5. The molecule has 0 saturated heterocycles. The van der Waals surface area contributed by atoms with Gasteiger partial charge in [0, 0.05) is 11.9 Å². The zero-order valence-corrected chi connectivity index (χ0v) is 13.3. The van der Waals surface area contributed by atoms with E-state index in [4.69, 9.17) is 15.6 Å².